The molecule has 84 valence electrons. The van der Waals surface area contributed by atoms with Crippen molar-refractivity contribution in [3.63, 3.8) is 0 Å². The molecule has 0 amide bonds. The summed E-state index contributed by atoms with van der Waals surface area (Å²) in [4.78, 5) is 0. The first-order valence-corrected chi connectivity index (χ1v) is 6.16. The van der Waals surface area contributed by atoms with Crippen molar-refractivity contribution in [1.29, 1.82) is 0 Å². The maximum atomic E-state index is 11.7. The monoisotopic (exact) mass is 222 g/mol. The van der Waals surface area contributed by atoms with Crippen molar-refractivity contribution in [1.82, 2.24) is 8.61 Å². The van der Waals surface area contributed by atoms with Gasteiger partial charge in [-0.25, -0.2) is 0 Å². The second-order valence-electron chi connectivity index (χ2n) is 3.84. The van der Waals surface area contributed by atoms with Crippen molar-refractivity contribution in [2.24, 2.45) is 5.92 Å². The van der Waals surface area contributed by atoms with Crippen LogP contribution in [0.2, 0.25) is 0 Å². The molecule has 0 aromatic carbocycles. The van der Waals surface area contributed by atoms with E-state index in [2.05, 4.69) is 0 Å². The first-order valence-electron chi connectivity index (χ1n) is 4.77. The first-order chi connectivity index (χ1) is 6.48. The van der Waals surface area contributed by atoms with Gasteiger partial charge in [0.2, 0.25) is 0 Å². The Balaban J connectivity index is 2.69. The molecule has 1 N–H and O–H groups in total. The lowest BCUT2D eigenvalue weighted by atomic mass is 10.0. The van der Waals surface area contributed by atoms with E-state index < -0.39 is 10.2 Å². The Morgan fingerprint density at radius 3 is 2.64 bits per heavy atom. The summed E-state index contributed by atoms with van der Waals surface area (Å²) in [6, 6.07) is 0. The first kappa shape index (κ1) is 11.9. The quantitative estimate of drug-likeness (QED) is 0.700. The van der Waals surface area contributed by atoms with E-state index in [0.29, 0.717) is 13.1 Å². The van der Waals surface area contributed by atoms with Crippen molar-refractivity contribution in [3.8, 4) is 0 Å². The predicted octanol–water partition coefficient (Wildman–Crippen LogP) is -0.503. The van der Waals surface area contributed by atoms with Gasteiger partial charge in [0.25, 0.3) is 10.2 Å². The SMILES string of the molecule is CN(C)S(=O)(=O)N1CCCC(CO)C1. The molecule has 0 spiro atoms. The summed E-state index contributed by atoms with van der Waals surface area (Å²) in [7, 11) is -0.236. The van der Waals surface area contributed by atoms with Crippen LogP contribution in [0.5, 0.6) is 0 Å². The second kappa shape index (κ2) is 4.57. The Kier molecular flexibility index (Phi) is 3.88. The van der Waals surface area contributed by atoms with Crippen LogP contribution < -0.4 is 0 Å². The Morgan fingerprint density at radius 1 is 1.50 bits per heavy atom. The summed E-state index contributed by atoms with van der Waals surface area (Å²) in [5, 5.41) is 8.98. The summed E-state index contributed by atoms with van der Waals surface area (Å²) < 4.78 is 26.1. The third-order valence-corrected chi connectivity index (χ3v) is 4.43. The molecule has 0 bridgehead atoms. The molecule has 0 aliphatic carbocycles. The molecule has 0 aromatic heterocycles. The van der Waals surface area contributed by atoms with Crippen molar-refractivity contribution >= 4 is 10.2 Å². The second-order valence-corrected chi connectivity index (χ2v) is 5.98. The number of piperidine rings is 1. The number of aliphatic hydroxyl groups excluding tert-OH is 1. The summed E-state index contributed by atoms with van der Waals surface area (Å²) in [6.07, 6.45) is 1.74. The highest BCUT2D eigenvalue weighted by molar-refractivity contribution is 7.86. The van der Waals surface area contributed by atoms with Crippen LogP contribution in [0.1, 0.15) is 12.8 Å². The van der Waals surface area contributed by atoms with Gasteiger partial charge in [-0.1, -0.05) is 0 Å². The molecule has 6 heteroatoms. The van der Waals surface area contributed by atoms with Gasteiger partial charge in [-0.15, -0.1) is 0 Å². The van der Waals surface area contributed by atoms with Crippen LogP contribution in [0.3, 0.4) is 0 Å². The van der Waals surface area contributed by atoms with Crippen LogP contribution in [-0.2, 0) is 10.2 Å². The van der Waals surface area contributed by atoms with E-state index in [1.807, 2.05) is 0 Å². The Hall–Kier alpha value is -0.170. The smallest absolute Gasteiger partial charge is 0.281 e. The highest BCUT2D eigenvalue weighted by Crippen LogP contribution is 2.19. The lowest BCUT2D eigenvalue weighted by molar-refractivity contribution is 0.162. The fraction of sp³-hybridized carbons (Fsp3) is 1.00. The van der Waals surface area contributed by atoms with Crippen LogP contribution in [0, 0.1) is 5.92 Å². The van der Waals surface area contributed by atoms with Gasteiger partial charge in [-0.3, -0.25) is 0 Å². The maximum Gasteiger partial charge on any atom is 0.281 e. The van der Waals surface area contributed by atoms with E-state index in [1.54, 1.807) is 0 Å². The minimum absolute atomic E-state index is 0.0689. The molecule has 1 heterocycles. The fourth-order valence-electron chi connectivity index (χ4n) is 1.62. The molecule has 1 rings (SSSR count). The molecule has 1 aliphatic heterocycles. The molecule has 5 nitrogen and oxygen atoms in total. The zero-order valence-corrected chi connectivity index (χ0v) is 9.50. The van der Waals surface area contributed by atoms with Crippen LogP contribution in [0.25, 0.3) is 0 Å². The third kappa shape index (κ3) is 2.44. The maximum absolute atomic E-state index is 11.7. The van der Waals surface area contributed by atoms with E-state index in [9.17, 15) is 8.42 Å². The third-order valence-electron chi connectivity index (χ3n) is 2.53. The van der Waals surface area contributed by atoms with Crippen molar-refractivity contribution < 1.29 is 13.5 Å². The fourth-order valence-corrected chi connectivity index (χ4v) is 2.84. The van der Waals surface area contributed by atoms with Crippen LogP contribution >= 0.6 is 0 Å². The van der Waals surface area contributed by atoms with E-state index in [4.69, 9.17) is 5.11 Å². The van der Waals surface area contributed by atoms with Crippen LogP contribution in [0.15, 0.2) is 0 Å². The summed E-state index contributed by atoms with van der Waals surface area (Å²) in [5.74, 6) is 0.0958. The van der Waals surface area contributed by atoms with Crippen molar-refractivity contribution in [3.05, 3.63) is 0 Å². The van der Waals surface area contributed by atoms with Gasteiger partial charge >= 0.3 is 0 Å². The van der Waals surface area contributed by atoms with E-state index in [-0.39, 0.29) is 12.5 Å². The van der Waals surface area contributed by atoms with Crippen LogP contribution in [0.4, 0.5) is 0 Å². The lowest BCUT2D eigenvalue weighted by Gasteiger charge is -2.32. The zero-order valence-electron chi connectivity index (χ0n) is 8.68. The lowest BCUT2D eigenvalue weighted by Crippen LogP contribution is -2.46. The van der Waals surface area contributed by atoms with Gasteiger partial charge in [0.05, 0.1) is 0 Å². The molecule has 1 aliphatic rings. The largest absolute Gasteiger partial charge is 0.396 e. The number of hydrogen-bond acceptors (Lipinski definition) is 3. The molecular weight excluding hydrogens is 204 g/mol. The Bertz CT molecular complexity index is 276. The molecule has 1 atom stereocenters. The molecule has 1 saturated heterocycles. The molecule has 14 heavy (non-hydrogen) atoms. The minimum Gasteiger partial charge on any atom is -0.396 e. The highest BCUT2D eigenvalue weighted by atomic mass is 32.2. The number of nitrogens with zero attached hydrogens (tertiary/aromatic N) is 2. The molecule has 0 aromatic rings. The zero-order chi connectivity index (χ0) is 10.8. The van der Waals surface area contributed by atoms with E-state index in [1.165, 1.54) is 22.7 Å². The molecule has 0 saturated carbocycles. The summed E-state index contributed by atoms with van der Waals surface area (Å²) >= 11 is 0. The van der Waals surface area contributed by atoms with Gasteiger partial charge in [0.1, 0.15) is 0 Å². The molecule has 1 unspecified atom stereocenters. The number of hydrogen-bond donors (Lipinski definition) is 1. The highest BCUT2D eigenvalue weighted by Gasteiger charge is 2.29. The predicted molar refractivity (Wildman–Crippen MR) is 54.0 cm³/mol. The average molecular weight is 222 g/mol. The van der Waals surface area contributed by atoms with Crippen LogP contribution in [-0.4, -0.2) is 55.9 Å². The average Bonchev–Trinajstić information content (AvgIpc) is 2.17. The van der Waals surface area contributed by atoms with Gasteiger partial charge < -0.3 is 5.11 Å². The summed E-state index contributed by atoms with van der Waals surface area (Å²) in [6.45, 7) is 1.08. The molecule has 0 radical (unpaired) electrons. The van der Waals surface area contributed by atoms with Crippen molar-refractivity contribution in [2.75, 3.05) is 33.8 Å². The van der Waals surface area contributed by atoms with Gasteiger partial charge in [-0.2, -0.15) is 17.0 Å². The normalized spacial score (nSPS) is 25.6. The minimum atomic E-state index is -3.29. The standard InChI is InChI=1S/C8H18N2O3S/c1-9(2)14(12,13)10-5-3-4-8(6-10)7-11/h8,11H,3-7H2,1-2H3. The number of aliphatic hydroxyl groups is 1. The summed E-state index contributed by atoms with van der Waals surface area (Å²) in [5.41, 5.74) is 0. The van der Waals surface area contributed by atoms with Gasteiger partial charge in [0.15, 0.2) is 0 Å². The topological polar surface area (TPSA) is 60.9 Å². The molecular formula is C8H18N2O3S. The Labute approximate surface area is 85.5 Å². The van der Waals surface area contributed by atoms with E-state index >= 15 is 0 Å². The number of rotatable bonds is 3. The van der Waals surface area contributed by atoms with Crippen molar-refractivity contribution in [2.45, 2.75) is 12.8 Å². The Morgan fingerprint density at radius 2 is 2.14 bits per heavy atom. The molecule has 1 fully saturated rings. The van der Waals surface area contributed by atoms with Gasteiger partial charge in [-0.05, 0) is 18.8 Å². The van der Waals surface area contributed by atoms with E-state index in [0.717, 1.165) is 12.8 Å². The van der Waals surface area contributed by atoms with Gasteiger partial charge in [0, 0.05) is 33.8 Å².